The number of carbonyl (C=O) groups excluding carboxylic acids is 1. The monoisotopic (exact) mass is 315 g/mol. The van der Waals surface area contributed by atoms with Gasteiger partial charge in [0.2, 0.25) is 10.0 Å². The van der Waals surface area contributed by atoms with Crippen LogP contribution < -0.4 is 4.72 Å². The van der Waals surface area contributed by atoms with E-state index in [0.717, 1.165) is 7.11 Å². The molecule has 21 heavy (non-hydrogen) atoms. The summed E-state index contributed by atoms with van der Waals surface area (Å²) >= 11 is 0. The maximum atomic E-state index is 11.8. The average molecular weight is 315 g/mol. The van der Waals surface area contributed by atoms with Gasteiger partial charge in [0.15, 0.2) is 0 Å². The first-order chi connectivity index (χ1) is 9.84. The third kappa shape index (κ3) is 6.37. The van der Waals surface area contributed by atoms with Crippen LogP contribution >= 0.6 is 0 Å². The van der Waals surface area contributed by atoms with Gasteiger partial charge in [-0.25, -0.2) is 13.1 Å². The number of sulfonamides is 1. The van der Waals surface area contributed by atoms with Crippen molar-refractivity contribution in [2.45, 2.75) is 18.9 Å². The smallest absolute Gasteiger partial charge is 0.322 e. The largest absolute Gasteiger partial charge is 0.480 e. The molecule has 7 nitrogen and oxygen atoms in total. The summed E-state index contributed by atoms with van der Waals surface area (Å²) in [4.78, 5) is 22.1. The Balaban J connectivity index is 2.70. The highest BCUT2D eigenvalue weighted by Crippen LogP contribution is 2.05. The number of hydrogen-bond donors (Lipinski definition) is 2. The van der Waals surface area contributed by atoms with Crippen molar-refractivity contribution in [1.29, 1.82) is 0 Å². The molecule has 0 fully saturated rings. The lowest BCUT2D eigenvalue weighted by molar-refractivity contribution is -0.140. The minimum Gasteiger partial charge on any atom is -0.480 e. The Morgan fingerprint density at radius 3 is 2.43 bits per heavy atom. The van der Waals surface area contributed by atoms with Gasteiger partial charge < -0.3 is 9.84 Å². The zero-order valence-electron chi connectivity index (χ0n) is 11.5. The summed E-state index contributed by atoms with van der Waals surface area (Å²) in [6.07, 6.45) is -0.308. The molecule has 1 rings (SSSR count). The normalized spacial score (nSPS) is 12.6. The van der Waals surface area contributed by atoms with Crippen molar-refractivity contribution in [3.63, 3.8) is 0 Å². The number of carbonyl (C=O) groups is 2. The molecule has 0 aliphatic heterocycles. The lowest BCUT2D eigenvalue weighted by Crippen LogP contribution is -2.43. The van der Waals surface area contributed by atoms with Crippen molar-refractivity contribution in [2.24, 2.45) is 0 Å². The molecule has 8 heteroatoms. The number of hydrogen-bond acceptors (Lipinski definition) is 5. The Bertz CT molecular complexity index is 584. The third-order valence-corrected chi connectivity index (χ3v) is 4.09. The van der Waals surface area contributed by atoms with Gasteiger partial charge in [-0.15, -0.1) is 0 Å². The van der Waals surface area contributed by atoms with Gasteiger partial charge in [-0.3, -0.25) is 9.59 Å². The number of benzene rings is 1. The number of carboxylic acid groups (broad SMARTS) is 1. The maximum absolute atomic E-state index is 11.8. The summed E-state index contributed by atoms with van der Waals surface area (Å²) in [5, 5.41) is 9.10. The lowest BCUT2D eigenvalue weighted by Gasteiger charge is -2.14. The molecule has 0 bridgehead atoms. The van der Waals surface area contributed by atoms with Gasteiger partial charge in [-0.05, 0) is 12.0 Å². The second-order valence-corrected chi connectivity index (χ2v) is 6.22. The molecule has 0 aliphatic rings. The average Bonchev–Trinajstić information content (AvgIpc) is 2.45. The van der Waals surface area contributed by atoms with Crippen LogP contribution in [-0.4, -0.2) is 44.4 Å². The van der Waals surface area contributed by atoms with E-state index >= 15 is 0 Å². The van der Waals surface area contributed by atoms with Crippen molar-refractivity contribution < 1.29 is 27.9 Å². The van der Waals surface area contributed by atoms with Crippen molar-refractivity contribution in [3.05, 3.63) is 35.9 Å². The molecule has 0 aromatic heterocycles. The van der Waals surface area contributed by atoms with Crippen LogP contribution in [0, 0.1) is 0 Å². The van der Waals surface area contributed by atoms with Crippen LogP contribution in [0.5, 0.6) is 0 Å². The van der Waals surface area contributed by atoms with Crippen LogP contribution in [0.1, 0.15) is 12.0 Å². The molecule has 1 aromatic rings. The molecular formula is C13H17NO6S. The summed E-state index contributed by atoms with van der Waals surface area (Å²) in [6, 6.07) is 7.38. The zero-order valence-corrected chi connectivity index (χ0v) is 12.3. The number of nitrogens with one attached hydrogen (secondary N) is 1. The van der Waals surface area contributed by atoms with Crippen LogP contribution in [-0.2, 0) is 30.8 Å². The Labute approximate surface area is 123 Å². The van der Waals surface area contributed by atoms with Crippen LogP contribution in [0.4, 0.5) is 0 Å². The zero-order chi connectivity index (χ0) is 15.9. The molecule has 1 atom stereocenters. The van der Waals surface area contributed by atoms with E-state index in [0.29, 0.717) is 5.56 Å². The molecule has 0 heterocycles. The summed E-state index contributed by atoms with van der Waals surface area (Å²) in [6.45, 7) is 0. The third-order valence-electron chi connectivity index (χ3n) is 2.71. The van der Waals surface area contributed by atoms with Crippen LogP contribution in [0.25, 0.3) is 0 Å². The van der Waals surface area contributed by atoms with Crippen LogP contribution in [0.3, 0.4) is 0 Å². The number of rotatable bonds is 8. The number of esters is 1. The van der Waals surface area contributed by atoms with E-state index in [-0.39, 0.29) is 12.8 Å². The molecule has 0 amide bonds. The van der Waals surface area contributed by atoms with Crippen molar-refractivity contribution in [2.75, 3.05) is 12.9 Å². The lowest BCUT2D eigenvalue weighted by atomic mass is 10.1. The number of ether oxygens (including phenoxy) is 1. The Kier molecular flexibility index (Phi) is 6.32. The molecule has 1 aromatic carbocycles. The summed E-state index contributed by atoms with van der Waals surface area (Å²) in [7, 11) is -2.73. The minimum absolute atomic E-state index is 0.0215. The van der Waals surface area contributed by atoms with Gasteiger partial charge in [0, 0.05) is 0 Å². The summed E-state index contributed by atoms with van der Waals surface area (Å²) in [5.74, 6) is -2.46. The van der Waals surface area contributed by atoms with Gasteiger partial charge >= 0.3 is 11.9 Å². The molecule has 0 saturated carbocycles. The van der Waals surface area contributed by atoms with Crippen molar-refractivity contribution in [1.82, 2.24) is 4.72 Å². The van der Waals surface area contributed by atoms with Gasteiger partial charge in [0.1, 0.15) is 6.04 Å². The highest BCUT2D eigenvalue weighted by molar-refractivity contribution is 7.89. The first-order valence-corrected chi connectivity index (χ1v) is 7.83. The molecule has 0 spiro atoms. The maximum Gasteiger partial charge on any atom is 0.322 e. The van der Waals surface area contributed by atoms with E-state index in [1.807, 2.05) is 0 Å². The molecule has 0 aliphatic carbocycles. The van der Waals surface area contributed by atoms with E-state index in [1.54, 1.807) is 30.3 Å². The molecular weight excluding hydrogens is 298 g/mol. The second-order valence-electron chi connectivity index (χ2n) is 4.34. The molecule has 116 valence electrons. The molecule has 0 radical (unpaired) electrons. The van der Waals surface area contributed by atoms with Gasteiger partial charge in [-0.1, -0.05) is 30.3 Å². The summed E-state index contributed by atoms with van der Waals surface area (Å²) < 4.78 is 30.0. The molecule has 2 N–H and O–H groups in total. The fourth-order valence-electron chi connectivity index (χ4n) is 1.62. The van der Waals surface area contributed by atoms with Crippen LogP contribution in [0.15, 0.2) is 30.3 Å². The molecule has 0 saturated heterocycles. The number of aliphatic carboxylic acids is 1. The van der Waals surface area contributed by atoms with Crippen molar-refractivity contribution in [3.8, 4) is 0 Å². The van der Waals surface area contributed by atoms with Crippen molar-refractivity contribution >= 4 is 22.0 Å². The van der Waals surface area contributed by atoms with E-state index in [1.165, 1.54) is 0 Å². The van der Waals surface area contributed by atoms with E-state index in [9.17, 15) is 18.0 Å². The van der Waals surface area contributed by atoms with E-state index in [4.69, 9.17) is 5.11 Å². The Morgan fingerprint density at radius 2 is 1.90 bits per heavy atom. The summed E-state index contributed by atoms with van der Waals surface area (Å²) in [5.41, 5.74) is 0.695. The van der Waals surface area contributed by atoms with Gasteiger partial charge in [0.25, 0.3) is 0 Å². The highest BCUT2D eigenvalue weighted by atomic mass is 32.2. The van der Waals surface area contributed by atoms with E-state index in [2.05, 4.69) is 9.46 Å². The SMILES string of the molecule is COC(=O)CCS(=O)(=O)N[C@H](Cc1ccccc1)C(=O)O. The molecule has 0 unspecified atom stereocenters. The second kappa shape index (κ2) is 7.75. The topological polar surface area (TPSA) is 110 Å². The first kappa shape index (κ1) is 17.1. The van der Waals surface area contributed by atoms with E-state index < -0.39 is 33.8 Å². The van der Waals surface area contributed by atoms with Gasteiger partial charge in [0.05, 0.1) is 19.3 Å². The van der Waals surface area contributed by atoms with Gasteiger partial charge in [-0.2, -0.15) is 0 Å². The first-order valence-electron chi connectivity index (χ1n) is 6.17. The highest BCUT2D eigenvalue weighted by Gasteiger charge is 2.24. The standard InChI is InChI=1S/C13H17NO6S/c1-20-12(15)7-8-21(18,19)14-11(13(16)17)9-10-5-3-2-4-6-10/h2-6,11,14H,7-9H2,1H3,(H,16,17)/t11-/m1/s1. The fraction of sp³-hybridized carbons (Fsp3) is 0.385. The minimum atomic E-state index is -3.88. The van der Waals surface area contributed by atoms with Crippen LogP contribution in [0.2, 0.25) is 0 Å². The quantitative estimate of drug-likeness (QED) is 0.662. The Morgan fingerprint density at radius 1 is 1.29 bits per heavy atom. The number of methoxy groups -OCH3 is 1. The number of carboxylic acids is 1. The predicted molar refractivity (Wildman–Crippen MR) is 75.1 cm³/mol. The Hall–Kier alpha value is -1.93. The fourth-order valence-corrected chi connectivity index (χ4v) is 2.80. The predicted octanol–water partition coefficient (Wildman–Crippen LogP) is 0.165.